The van der Waals surface area contributed by atoms with Crippen molar-refractivity contribution in [3.05, 3.63) is 52.1 Å². The van der Waals surface area contributed by atoms with Crippen LogP contribution in [-0.4, -0.2) is 37.7 Å². The maximum absolute atomic E-state index is 14.1. The molecule has 3 aromatic heterocycles. The first-order chi connectivity index (χ1) is 13.1. The Balaban J connectivity index is 1.85. The van der Waals surface area contributed by atoms with Crippen LogP contribution in [0.15, 0.2) is 34.9 Å². The molecule has 0 spiro atoms. The lowest BCUT2D eigenvalue weighted by atomic mass is 10.1. The van der Waals surface area contributed by atoms with Crippen molar-refractivity contribution in [2.24, 2.45) is 0 Å². The van der Waals surface area contributed by atoms with Gasteiger partial charge in [-0.15, -0.1) is 10.2 Å². The van der Waals surface area contributed by atoms with Gasteiger partial charge in [0.2, 0.25) is 0 Å². The lowest BCUT2D eigenvalue weighted by molar-refractivity contribution is 0.133. The number of nitrogens with zero attached hydrogens (tertiary/aromatic N) is 6. The molecule has 7 nitrogen and oxygen atoms in total. The lowest BCUT2D eigenvalue weighted by Crippen LogP contribution is -2.22. The summed E-state index contributed by atoms with van der Waals surface area (Å²) in [5.74, 6) is 1.24. The van der Waals surface area contributed by atoms with Gasteiger partial charge in [0.15, 0.2) is 5.65 Å². The van der Waals surface area contributed by atoms with Crippen LogP contribution in [0.25, 0.3) is 16.8 Å². The number of aromatic nitrogens is 5. The van der Waals surface area contributed by atoms with Gasteiger partial charge in [0, 0.05) is 22.3 Å². The van der Waals surface area contributed by atoms with Gasteiger partial charge in [-0.25, -0.2) is 13.8 Å². The number of rotatable bonds is 1. The number of anilines is 2. The fraction of sp³-hybridized carbons (Fsp3) is 0.222. The number of hydrogen-bond donors (Lipinski definition) is 0. The first kappa shape index (κ1) is 16.5. The largest absolute Gasteiger partial charge is 0.375 e. The standard InChI is InChI=1S/C18H14BrFN6O/c1-10-23-24-18-22-17(12-7-11(20)8-21-16(12)26(10)18)25-5-6-27-9-13-14(19)3-2-4-15(13)25/h2-4,7-8H,5-6,9H2,1H3. The van der Waals surface area contributed by atoms with Crippen molar-refractivity contribution in [3.8, 4) is 0 Å². The maximum Gasteiger partial charge on any atom is 0.258 e. The molecule has 1 aromatic carbocycles. The zero-order chi connectivity index (χ0) is 18.5. The van der Waals surface area contributed by atoms with Gasteiger partial charge in [-0.1, -0.05) is 22.0 Å². The molecule has 0 fully saturated rings. The minimum atomic E-state index is -0.420. The highest BCUT2D eigenvalue weighted by Crippen LogP contribution is 2.37. The highest BCUT2D eigenvalue weighted by atomic mass is 79.9. The molecule has 5 rings (SSSR count). The topological polar surface area (TPSA) is 68.4 Å². The Morgan fingerprint density at radius 3 is 3.04 bits per heavy atom. The van der Waals surface area contributed by atoms with Crippen LogP contribution in [0.5, 0.6) is 0 Å². The fourth-order valence-corrected chi connectivity index (χ4v) is 3.89. The molecular formula is C18H14BrFN6O. The van der Waals surface area contributed by atoms with Crippen molar-refractivity contribution in [3.63, 3.8) is 0 Å². The summed E-state index contributed by atoms with van der Waals surface area (Å²) in [6, 6.07) is 7.40. The first-order valence-corrected chi connectivity index (χ1v) is 9.22. The van der Waals surface area contributed by atoms with E-state index in [4.69, 9.17) is 9.72 Å². The number of halogens is 2. The summed E-state index contributed by atoms with van der Waals surface area (Å²) >= 11 is 3.60. The summed E-state index contributed by atoms with van der Waals surface area (Å²) in [7, 11) is 0. The van der Waals surface area contributed by atoms with E-state index >= 15 is 0 Å². The number of aryl methyl sites for hydroxylation is 1. The summed E-state index contributed by atoms with van der Waals surface area (Å²) in [6.07, 6.45) is 1.20. The average Bonchev–Trinajstić information content (AvgIpc) is 2.89. The molecule has 27 heavy (non-hydrogen) atoms. The fourth-order valence-electron chi connectivity index (χ4n) is 3.42. The Morgan fingerprint density at radius 1 is 1.26 bits per heavy atom. The Hall–Kier alpha value is -2.65. The molecule has 0 saturated heterocycles. The second-order valence-electron chi connectivity index (χ2n) is 6.28. The Labute approximate surface area is 161 Å². The lowest BCUT2D eigenvalue weighted by Gasteiger charge is -2.25. The summed E-state index contributed by atoms with van der Waals surface area (Å²) in [6.45, 7) is 3.40. The zero-order valence-electron chi connectivity index (χ0n) is 14.4. The molecule has 1 aliphatic rings. The number of ether oxygens (including phenoxy) is 1. The van der Waals surface area contributed by atoms with Gasteiger partial charge in [0.1, 0.15) is 17.5 Å². The van der Waals surface area contributed by atoms with Crippen molar-refractivity contribution >= 4 is 44.2 Å². The summed E-state index contributed by atoms with van der Waals surface area (Å²) < 4.78 is 22.5. The smallest absolute Gasteiger partial charge is 0.258 e. The van der Waals surface area contributed by atoms with Gasteiger partial charge >= 0.3 is 0 Å². The predicted molar refractivity (Wildman–Crippen MR) is 102 cm³/mol. The molecule has 0 radical (unpaired) electrons. The molecule has 136 valence electrons. The van der Waals surface area contributed by atoms with Crippen molar-refractivity contribution in [2.75, 3.05) is 18.1 Å². The van der Waals surface area contributed by atoms with Crippen LogP contribution in [0.3, 0.4) is 0 Å². The number of hydrogen-bond acceptors (Lipinski definition) is 6. The molecule has 4 heterocycles. The van der Waals surface area contributed by atoms with E-state index in [1.54, 1.807) is 4.40 Å². The Kier molecular flexibility index (Phi) is 3.80. The van der Waals surface area contributed by atoms with E-state index in [2.05, 4.69) is 31.1 Å². The summed E-state index contributed by atoms with van der Waals surface area (Å²) in [5.41, 5.74) is 2.55. The highest BCUT2D eigenvalue weighted by Gasteiger charge is 2.24. The van der Waals surface area contributed by atoms with Gasteiger partial charge in [0.25, 0.3) is 5.78 Å². The van der Waals surface area contributed by atoms with Gasteiger partial charge < -0.3 is 9.64 Å². The van der Waals surface area contributed by atoms with Gasteiger partial charge in [-0.3, -0.25) is 0 Å². The SMILES string of the molecule is Cc1nnc2nc(N3CCOCc4c(Br)cccc43)c3cc(F)cnc3n12. The molecule has 0 N–H and O–H groups in total. The zero-order valence-corrected chi connectivity index (χ0v) is 15.9. The highest BCUT2D eigenvalue weighted by molar-refractivity contribution is 9.10. The third-order valence-electron chi connectivity index (χ3n) is 4.65. The average molecular weight is 429 g/mol. The van der Waals surface area contributed by atoms with E-state index in [-0.39, 0.29) is 0 Å². The molecular weight excluding hydrogens is 415 g/mol. The first-order valence-electron chi connectivity index (χ1n) is 8.43. The molecule has 0 aliphatic carbocycles. The van der Waals surface area contributed by atoms with Crippen LogP contribution in [0, 0.1) is 12.7 Å². The van der Waals surface area contributed by atoms with Crippen molar-refractivity contribution in [1.82, 2.24) is 24.6 Å². The normalized spacial score (nSPS) is 14.6. The number of benzene rings is 1. The van der Waals surface area contributed by atoms with Crippen LogP contribution in [0.4, 0.5) is 15.9 Å². The molecule has 1 aliphatic heterocycles. The third-order valence-corrected chi connectivity index (χ3v) is 5.39. The van der Waals surface area contributed by atoms with E-state index in [1.165, 1.54) is 12.3 Å². The third kappa shape index (κ3) is 2.57. The van der Waals surface area contributed by atoms with E-state index in [9.17, 15) is 4.39 Å². The van der Waals surface area contributed by atoms with Crippen molar-refractivity contribution in [2.45, 2.75) is 13.5 Å². The van der Waals surface area contributed by atoms with Gasteiger partial charge in [0.05, 0.1) is 24.8 Å². The Morgan fingerprint density at radius 2 is 2.15 bits per heavy atom. The number of fused-ring (bicyclic) bond motifs is 4. The van der Waals surface area contributed by atoms with E-state index in [0.717, 1.165) is 15.7 Å². The van der Waals surface area contributed by atoms with Gasteiger partial charge in [-0.2, -0.15) is 4.98 Å². The molecule has 0 amide bonds. The molecule has 0 bridgehead atoms. The monoisotopic (exact) mass is 428 g/mol. The van der Waals surface area contributed by atoms with Crippen molar-refractivity contribution < 1.29 is 9.13 Å². The quantitative estimate of drug-likeness (QED) is 0.461. The summed E-state index contributed by atoms with van der Waals surface area (Å²) in [4.78, 5) is 11.0. The van der Waals surface area contributed by atoms with E-state index < -0.39 is 5.82 Å². The second kappa shape index (κ2) is 6.21. The summed E-state index contributed by atoms with van der Waals surface area (Å²) in [5, 5.41) is 8.84. The molecule has 9 heteroatoms. The van der Waals surface area contributed by atoms with E-state index in [1.807, 2.05) is 30.0 Å². The van der Waals surface area contributed by atoms with Crippen LogP contribution >= 0.6 is 15.9 Å². The van der Waals surface area contributed by atoms with Crippen LogP contribution in [0.2, 0.25) is 0 Å². The van der Waals surface area contributed by atoms with Crippen LogP contribution < -0.4 is 4.90 Å². The Bertz CT molecular complexity index is 1190. The molecule has 0 unspecified atom stereocenters. The molecule has 4 aromatic rings. The minimum absolute atomic E-state index is 0.420. The number of pyridine rings is 1. The van der Waals surface area contributed by atoms with Gasteiger partial charge in [-0.05, 0) is 25.1 Å². The molecule has 0 atom stereocenters. The van der Waals surface area contributed by atoms with Crippen LogP contribution in [0.1, 0.15) is 11.4 Å². The van der Waals surface area contributed by atoms with E-state index in [0.29, 0.717) is 48.2 Å². The predicted octanol–water partition coefficient (Wildman–Crippen LogP) is 3.55. The minimum Gasteiger partial charge on any atom is -0.375 e. The maximum atomic E-state index is 14.1. The van der Waals surface area contributed by atoms with Crippen LogP contribution in [-0.2, 0) is 11.3 Å². The van der Waals surface area contributed by atoms with Crippen molar-refractivity contribution in [1.29, 1.82) is 0 Å². The molecule has 0 saturated carbocycles. The second-order valence-corrected chi connectivity index (χ2v) is 7.14.